The third-order valence-electron chi connectivity index (χ3n) is 6.61. The summed E-state index contributed by atoms with van der Waals surface area (Å²) in [4.78, 5) is 75.7. The van der Waals surface area contributed by atoms with Gasteiger partial charge in [0, 0.05) is 44.9 Å². The Hall–Kier alpha value is -4.89. The highest BCUT2D eigenvalue weighted by atomic mass is 32.2. The maximum Gasteiger partial charge on any atom is 0.303 e. The molecule has 14 nitrogen and oxygen atoms in total. The minimum absolute atomic E-state index is 0.185. The molecule has 238 valence electrons. The van der Waals surface area contributed by atoms with Crippen LogP contribution in [-0.4, -0.2) is 87.2 Å². The standard InChI is InChI=1S/C30H28O14S/c1-12(31)40-11-21-26(41-13(2)32)27(42-14(3)33)28(43-15(4)34)30(44-21)45-29-23(17-9-8-16(35)10-20(17)37)25(39)22-18(24(29)38)6-5-7-19(22)36/h5-10,21,26-28,30,35-37H,11H2,1-4H3/t21-,26-,27+,28-,30+/m1/s1. The molecule has 1 saturated heterocycles. The highest BCUT2D eigenvalue weighted by molar-refractivity contribution is 8.04. The first-order chi connectivity index (χ1) is 21.2. The Balaban J connectivity index is 1.92. The van der Waals surface area contributed by atoms with E-state index in [9.17, 15) is 44.1 Å². The van der Waals surface area contributed by atoms with E-state index in [0.29, 0.717) is 11.8 Å². The van der Waals surface area contributed by atoms with E-state index in [2.05, 4.69) is 0 Å². The van der Waals surface area contributed by atoms with Crippen molar-refractivity contribution in [2.75, 3.05) is 6.61 Å². The summed E-state index contributed by atoms with van der Waals surface area (Å²) >= 11 is 0.561. The summed E-state index contributed by atoms with van der Waals surface area (Å²) in [5.41, 5.74) is -2.57. The normalized spacial score (nSPS) is 22.7. The van der Waals surface area contributed by atoms with Gasteiger partial charge in [0.05, 0.1) is 16.0 Å². The Labute approximate surface area is 259 Å². The van der Waals surface area contributed by atoms with Crippen LogP contribution in [0.25, 0.3) is 5.57 Å². The van der Waals surface area contributed by atoms with Gasteiger partial charge in [-0.15, -0.1) is 0 Å². The largest absolute Gasteiger partial charge is 0.508 e. The number of hydrogen-bond acceptors (Lipinski definition) is 15. The molecule has 1 aliphatic heterocycles. The van der Waals surface area contributed by atoms with Gasteiger partial charge in [-0.1, -0.05) is 17.8 Å². The van der Waals surface area contributed by atoms with Crippen LogP contribution < -0.4 is 0 Å². The molecule has 0 aromatic heterocycles. The first kappa shape index (κ1) is 33.0. The van der Waals surface area contributed by atoms with Gasteiger partial charge in [-0.3, -0.25) is 28.8 Å². The van der Waals surface area contributed by atoms with Crippen LogP contribution >= 0.6 is 11.8 Å². The number of rotatable bonds is 8. The fourth-order valence-electron chi connectivity index (χ4n) is 4.92. The zero-order valence-corrected chi connectivity index (χ0v) is 25.1. The maximum atomic E-state index is 14.0. The molecule has 15 heteroatoms. The molecule has 0 unspecified atom stereocenters. The van der Waals surface area contributed by atoms with Gasteiger partial charge in [0.25, 0.3) is 0 Å². The molecular formula is C30H28O14S. The molecule has 3 N–H and O–H groups in total. The van der Waals surface area contributed by atoms with Crippen molar-refractivity contribution in [3.63, 3.8) is 0 Å². The number of ether oxygens (including phenoxy) is 5. The van der Waals surface area contributed by atoms with Crippen LogP contribution in [0.5, 0.6) is 17.2 Å². The van der Waals surface area contributed by atoms with E-state index in [1.54, 1.807) is 0 Å². The fraction of sp³-hybridized carbons (Fsp3) is 0.333. The Morgan fingerprint density at radius 3 is 1.98 bits per heavy atom. The lowest BCUT2D eigenvalue weighted by Gasteiger charge is -2.44. The van der Waals surface area contributed by atoms with Gasteiger partial charge in [0.2, 0.25) is 5.78 Å². The fourth-order valence-corrected chi connectivity index (χ4v) is 6.23. The van der Waals surface area contributed by atoms with Crippen molar-refractivity contribution < 1.29 is 67.8 Å². The molecule has 4 rings (SSSR count). The van der Waals surface area contributed by atoms with Gasteiger partial charge >= 0.3 is 23.9 Å². The van der Waals surface area contributed by atoms with Gasteiger partial charge in [0.1, 0.15) is 35.4 Å². The highest BCUT2D eigenvalue weighted by Gasteiger charge is 2.53. The van der Waals surface area contributed by atoms with E-state index in [1.807, 2.05) is 0 Å². The van der Waals surface area contributed by atoms with Crippen molar-refractivity contribution in [1.29, 1.82) is 0 Å². The van der Waals surface area contributed by atoms with Crippen LogP contribution in [0.1, 0.15) is 54.0 Å². The lowest BCUT2D eigenvalue weighted by atomic mass is 9.85. The van der Waals surface area contributed by atoms with Crippen LogP contribution in [0, 0.1) is 0 Å². The summed E-state index contributed by atoms with van der Waals surface area (Å²) < 4.78 is 27.5. The molecule has 1 aliphatic carbocycles. The minimum Gasteiger partial charge on any atom is -0.508 e. The zero-order valence-electron chi connectivity index (χ0n) is 24.3. The minimum atomic E-state index is -1.56. The van der Waals surface area contributed by atoms with Gasteiger partial charge in [-0.2, -0.15) is 0 Å². The van der Waals surface area contributed by atoms with Gasteiger partial charge in [-0.05, 0) is 24.3 Å². The highest BCUT2D eigenvalue weighted by Crippen LogP contribution is 2.47. The van der Waals surface area contributed by atoms with Crippen molar-refractivity contribution in [1.82, 2.24) is 0 Å². The molecule has 2 aromatic carbocycles. The predicted octanol–water partition coefficient (Wildman–Crippen LogP) is 2.41. The van der Waals surface area contributed by atoms with Gasteiger partial charge < -0.3 is 39.0 Å². The molecule has 0 spiro atoms. The number of aromatic hydroxyl groups is 3. The Bertz CT molecular complexity index is 1610. The number of carbonyl (C=O) groups is 6. The Morgan fingerprint density at radius 2 is 1.38 bits per heavy atom. The molecule has 0 saturated carbocycles. The monoisotopic (exact) mass is 644 g/mol. The summed E-state index contributed by atoms with van der Waals surface area (Å²) in [6, 6.07) is 7.14. The molecular weight excluding hydrogens is 616 g/mol. The number of fused-ring (bicyclic) bond motifs is 1. The van der Waals surface area contributed by atoms with E-state index in [-0.39, 0.29) is 32.9 Å². The van der Waals surface area contributed by atoms with Gasteiger partial charge in [0.15, 0.2) is 24.1 Å². The predicted molar refractivity (Wildman–Crippen MR) is 153 cm³/mol. The van der Waals surface area contributed by atoms with Crippen LogP contribution in [0.4, 0.5) is 0 Å². The number of hydrogen-bond donors (Lipinski definition) is 3. The number of phenolic OH excluding ortho intramolecular Hbond substituents is 3. The van der Waals surface area contributed by atoms with Crippen molar-refractivity contribution in [3.8, 4) is 17.2 Å². The molecule has 1 fully saturated rings. The average molecular weight is 645 g/mol. The lowest BCUT2D eigenvalue weighted by Crippen LogP contribution is -2.61. The second-order valence-electron chi connectivity index (χ2n) is 9.95. The molecule has 2 aromatic rings. The summed E-state index contributed by atoms with van der Waals surface area (Å²) in [6.45, 7) is 3.75. The summed E-state index contributed by atoms with van der Waals surface area (Å²) in [5.74, 6) is -6.39. The molecule has 0 radical (unpaired) electrons. The van der Waals surface area contributed by atoms with Crippen molar-refractivity contribution in [2.45, 2.75) is 57.5 Å². The van der Waals surface area contributed by atoms with E-state index in [0.717, 1.165) is 39.8 Å². The second kappa shape index (κ2) is 13.4. The van der Waals surface area contributed by atoms with Crippen LogP contribution in [0.15, 0.2) is 41.3 Å². The number of benzene rings is 2. The number of carbonyl (C=O) groups excluding carboxylic acids is 6. The smallest absolute Gasteiger partial charge is 0.303 e. The van der Waals surface area contributed by atoms with E-state index >= 15 is 0 Å². The summed E-state index contributed by atoms with van der Waals surface area (Å²) in [7, 11) is 0. The number of Topliss-reactive ketones (excluding diaryl/α,β-unsaturated/α-hetero) is 2. The molecule has 1 heterocycles. The number of phenols is 3. The van der Waals surface area contributed by atoms with Crippen LogP contribution in [0.3, 0.4) is 0 Å². The van der Waals surface area contributed by atoms with E-state index in [4.69, 9.17) is 23.7 Å². The lowest BCUT2D eigenvalue weighted by molar-refractivity contribution is -0.237. The molecule has 2 aliphatic rings. The molecule has 0 bridgehead atoms. The Kier molecular flexibility index (Phi) is 9.83. The van der Waals surface area contributed by atoms with Crippen LogP contribution in [-0.2, 0) is 42.9 Å². The number of thioether (sulfide) groups is 1. The number of ketones is 2. The number of allylic oxidation sites excluding steroid dienone is 2. The zero-order chi connectivity index (χ0) is 33.2. The van der Waals surface area contributed by atoms with E-state index in [1.165, 1.54) is 24.3 Å². The second-order valence-corrected chi connectivity index (χ2v) is 11.1. The first-order valence-corrected chi connectivity index (χ1v) is 14.2. The van der Waals surface area contributed by atoms with Crippen molar-refractivity contribution >= 4 is 52.8 Å². The Morgan fingerprint density at radius 1 is 0.756 bits per heavy atom. The van der Waals surface area contributed by atoms with E-state index < -0.39 is 83.4 Å². The maximum absolute atomic E-state index is 14.0. The topological polar surface area (TPSA) is 209 Å². The molecule has 0 amide bonds. The number of esters is 4. The first-order valence-electron chi connectivity index (χ1n) is 13.3. The third-order valence-corrected chi connectivity index (χ3v) is 7.84. The SMILES string of the molecule is CC(=O)OC[C@H]1O[C@@H](SC2=C(c3ccc(O)cc3O)C(=O)c3c(O)cccc3C2=O)[C@H](OC(C)=O)[C@@H](OC(C)=O)[C@@H]1OC(C)=O. The third kappa shape index (κ3) is 7.10. The summed E-state index contributed by atoms with van der Waals surface area (Å²) in [5, 5.41) is 31.1. The van der Waals surface area contributed by atoms with Crippen molar-refractivity contribution in [2.24, 2.45) is 0 Å². The van der Waals surface area contributed by atoms with Gasteiger partial charge in [-0.25, -0.2) is 0 Å². The average Bonchev–Trinajstić information content (AvgIpc) is 2.93. The van der Waals surface area contributed by atoms with Crippen LogP contribution in [0.2, 0.25) is 0 Å². The molecule has 5 atom stereocenters. The van der Waals surface area contributed by atoms with Crippen molar-refractivity contribution in [3.05, 3.63) is 58.0 Å². The molecule has 45 heavy (non-hydrogen) atoms. The summed E-state index contributed by atoms with van der Waals surface area (Å²) in [6.07, 6.45) is -5.89. The quantitative estimate of drug-likeness (QED) is 0.278.